The van der Waals surface area contributed by atoms with Crippen molar-refractivity contribution in [2.75, 3.05) is 16.4 Å². The highest BCUT2D eigenvalue weighted by Crippen LogP contribution is 2.34. The van der Waals surface area contributed by atoms with E-state index in [2.05, 4.69) is 10.6 Å². The van der Waals surface area contributed by atoms with Gasteiger partial charge < -0.3 is 21.5 Å². The molecule has 5 N–H and O–H groups in total. The SMILES string of the molecule is CC(C)(O)C(C)(C)Nc1cc2c(cc1N)CCC(=O)N2. The molecular weight excluding hydrogens is 254 g/mol. The van der Waals surface area contributed by atoms with Gasteiger partial charge in [-0.3, -0.25) is 4.79 Å². The molecule has 0 aromatic heterocycles. The predicted molar refractivity (Wildman–Crippen MR) is 81.8 cm³/mol. The third-order valence-electron chi connectivity index (χ3n) is 4.15. The number of nitrogens with two attached hydrogens (primary N) is 1. The number of amides is 1. The molecule has 0 atom stereocenters. The van der Waals surface area contributed by atoms with Crippen LogP contribution in [0.2, 0.25) is 0 Å². The van der Waals surface area contributed by atoms with Gasteiger partial charge in [-0.15, -0.1) is 0 Å². The fraction of sp³-hybridized carbons (Fsp3) is 0.533. The Kier molecular flexibility index (Phi) is 3.42. The summed E-state index contributed by atoms with van der Waals surface area (Å²) in [5, 5.41) is 16.3. The standard InChI is InChI=1S/C15H23N3O2/c1-14(2,15(3,4)20)18-12-8-11-9(7-10(12)16)5-6-13(19)17-11/h7-8,18,20H,5-6,16H2,1-4H3,(H,17,19). The zero-order valence-electron chi connectivity index (χ0n) is 12.5. The normalized spacial score (nSPS) is 15.6. The van der Waals surface area contributed by atoms with Crippen LogP contribution in [0.5, 0.6) is 0 Å². The minimum Gasteiger partial charge on any atom is -0.397 e. The molecule has 0 aliphatic carbocycles. The molecule has 1 aliphatic heterocycles. The van der Waals surface area contributed by atoms with Crippen molar-refractivity contribution < 1.29 is 9.90 Å². The minimum absolute atomic E-state index is 0.0231. The van der Waals surface area contributed by atoms with Crippen LogP contribution >= 0.6 is 0 Å². The number of aliphatic hydroxyl groups is 1. The van der Waals surface area contributed by atoms with Crippen LogP contribution in [0.15, 0.2) is 12.1 Å². The second-order valence-electron chi connectivity index (χ2n) is 6.45. The molecule has 1 aromatic rings. The lowest BCUT2D eigenvalue weighted by Crippen LogP contribution is -2.51. The fourth-order valence-electron chi connectivity index (χ4n) is 2.05. The summed E-state index contributed by atoms with van der Waals surface area (Å²) in [5.41, 5.74) is 7.78. The van der Waals surface area contributed by atoms with Crippen molar-refractivity contribution >= 4 is 23.0 Å². The molecule has 0 unspecified atom stereocenters. The van der Waals surface area contributed by atoms with E-state index < -0.39 is 11.1 Å². The first-order valence-electron chi connectivity index (χ1n) is 6.83. The van der Waals surface area contributed by atoms with Crippen LogP contribution in [0.3, 0.4) is 0 Å². The molecule has 0 bridgehead atoms. The Labute approximate surface area is 119 Å². The van der Waals surface area contributed by atoms with Crippen molar-refractivity contribution in [1.82, 2.24) is 0 Å². The summed E-state index contributed by atoms with van der Waals surface area (Å²) in [6.07, 6.45) is 1.20. The summed E-state index contributed by atoms with van der Waals surface area (Å²) in [6, 6.07) is 3.73. The predicted octanol–water partition coefficient (Wildman–Crippen LogP) is 2.11. The third kappa shape index (κ3) is 2.72. The van der Waals surface area contributed by atoms with Gasteiger partial charge in [0.05, 0.1) is 22.5 Å². The van der Waals surface area contributed by atoms with Gasteiger partial charge in [0, 0.05) is 12.1 Å². The summed E-state index contributed by atoms with van der Waals surface area (Å²) in [5.74, 6) is 0.0231. The number of carbonyl (C=O) groups is 1. The summed E-state index contributed by atoms with van der Waals surface area (Å²) >= 11 is 0. The minimum atomic E-state index is -0.918. The maximum atomic E-state index is 11.5. The molecular formula is C15H23N3O2. The largest absolute Gasteiger partial charge is 0.397 e. The molecule has 0 spiro atoms. The molecule has 5 nitrogen and oxygen atoms in total. The lowest BCUT2D eigenvalue weighted by atomic mass is 9.85. The van der Waals surface area contributed by atoms with Gasteiger partial charge in [0.15, 0.2) is 0 Å². The Balaban J connectivity index is 2.34. The number of aryl methyl sites for hydroxylation is 1. The number of benzene rings is 1. The first kappa shape index (κ1) is 14.7. The maximum absolute atomic E-state index is 11.5. The topological polar surface area (TPSA) is 87.4 Å². The Morgan fingerprint density at radius 3 is 2.50 bits per heavy atom. The van der Waals surface area contributed by atoms with Crippen LogP contribution in [0.1, 0.15) is 39.7 Å². The van der Waals surface area contributed by atoms with E-state index in [-0.39, 0.29) is 5.91 Å². The zero-order chi connectivity index (χ0) is 15.1. The van der Waals surface area contributed by atoms with Crippen molar-refractivity contribution in [1.29, 1.82) is 0 Å². The molecule has 1 amide bonds. The summed E-state index contributed by atoms with van der Waals surface area (Å²) in [7, 11) is 0. The number of nitrogen functional groups attached to an aromatic ring is 1. The van der Waals surface area contributed by atoms with Gasteiger partial charge in [-0.1, -0.05) is 0 Å². The highest BCUT2D eigenvalue weighted by Gasteiger charge is 2.35. The van der Waals surface area contributed by atoms with Crippen molar-refractivity contribution in [3.05, 3.63) is 17.7 Å². The molecule has 5 heteroatoms. The summed E-state index contributed by atoms with van der Waals surface area (Å²) < 4.78 is 0. The molecule has 0 radical (unpaired) electrons. The zero-order valence-corrected chi connectivity index (χ0v) is 12.5. The van der Waals surface area contributed by atoms with Crippen molar-refractivity contribution in [2.24, 2.45) is 0 Å². The number of carbonyl (C=O) groups excluding carboxylic acids is 1. The molecule has 1 aromatic carbocycles. The Morgan fingerprint density at radius 2 is 1.90 bits per heavy atom. The number of hydrogen-bond donors (Lipinski definition) is 4. The number of fused-ring (bicyclic) bond motifs is 1. The van der Waals surface area contributed by atoms with E-state index >= 15 is 0 Å². The van der Waals surface area contributed by atoms with E-state index in [1.807, 2.05) is 26.0 Å². The van der Waals surface area contributed by atoms with Gasteiger partial charge in [-0.2, -0.15) is 0 Å². The lowest BCUT2D eigenvalue weighted by molar-refractivity contribution is -0.116. The third-order valence-corrected chi connectivity index (χ3v) is 4.15. The molecule has 1 aliphatic rings. The van der Waals surface area contributed by atoms with Crippen LogP contribution in [-0.2, 0) is 11.2 Å². The average Bonchev–Trinajstić information content (AvgIpc) is 2.29. The highest BCUT2D eigenvalue weighted by atomic mass is 16.3. The van der Waals surface area contributed by atoms with Crippen molar-refractivity contribution in [3.8, 4) is 0 Å². The Bertz CT molecular complexity index is 545. The van der Waals surface area contributed by atoms with E-state index in [4.69, 9.17) is 5.73 Å². The number of hydrogen-bond acceptors (Lipinski definition) is 4. The van der Waals surface area contributed by atoms with Gasteiger partial charge in [0.1, 0.15) is 0 Å². The quantitative estimate of drug-likeness (QED) is 0.637. The highest BCUT2D eigenvalue weighted by molar-refractivity contribution is 5.95. The van der Waals surface area contributed by atoms with E-state index in [0.717, 1.165) is 16.9 Å². The number of nitrogens with one attached hydrogen (secondary N) is 2. The van der Waals surface area contributed by atoms with Gasteiger partial charge in [0.2, 0.25) is 5.91 Å². The maximum Gasteiger partial charge on any atom is 0.224 e. The summed E-state index contributed by atoms with van der Waals surface area (Å²) in [4.78, 5) is 11.5. The molecule has 1 heterocycles. The first-order chi connectivity index (χ1) is 9.10. The van der Waals surface area contributed by atoms with Crippen LogP contribution in [0, 0.1) is 0 Å². The average molecular weight is 277 g/mol. The molecule has 110 valence electrons. The van der Waals surface area contributed by atoms with Crippen molar-refractivity contribution in [2.45, 2.75) is 51.7 Å². The van der Waals surface area contributed by atoms with E-state index in [9.17, 15) is 9.90 Å². The van der Waals surface area contributed by atoms with Crippen LogP contribution in [0.4, 0.5) is 17.1 Å². The fourth-order valence-corrected chi connectivity index (χ4v) is 2.05. The molecule has 0 saturated heterocycles. The number of anilines is 3. The molecule has 0 saturated carbocycles. The monoisotopic (exact) mass is 277 g/mol. The Morgan fingerprint density at radius 1 is 1.25 bits per heavy atom. The summed E-state index contributed by atoms with van der Waals surface area (Å²) in [6.45, 7) is 7.31. The van der Waals surface area contributed by atoms with Gasteiger partial charge in [0.25, 0.3) is 0 Å². The van der Waals surface area contributed by atoms with Crippen LogP contribution < -0.4 is 16.4 Å². The van der Waals surface area contributed by atoms with Crippen molar-refractivity contribution in [3.63, 3.8) is 0 Å². The van der Waals surface area contributed by atoms with E-state index in [1.54, 1.807) is 13.8 Å². The van der Waals surface area contributed by atoms with E-state index in [1.165, 1.54) is 0 Å². The second kappa shape index (κ2) is 4.66. The molecule has 20 heavy (non-hydrogen) atoms. The van der Waals surface area contributed by atoms with Gasteiger partial charge >= 0.3 is 0 Å². The van der Waals surface area contributed by atoms with Gasteiger partial charge in [-0.05, 0) is 51.8 Å². The first-order valence-corrected chi connectivity index (χ1v) is 6.83. The molecule has 0 fully saturated rings. The van der Waals surface area contributed by atoms with Gasteiger partial charge in [-0.25, -0.2) is 0 Å². The van der Waals surface area contributed by atoms with Crippen LogP contribution in [0.25, 0.3) is 0 Å². The Hall–Kier alpha value is -1.75. The molecule has 2 rings (SSSR count). The van der Waals surface area contributed by atoms with E-state index in [0.29, 0.717) is 18.5 Å². The number of rotatable bonds is 3. The van der Waals surface area contributed by atoms with Crippen LogP contribution in [-0.4, -0.2) is 22.2 Å². The second-order valence-corrected chi connectivity index (χ2v) is 6.45. The smallest absolute Gasteiger partial charge is 0.224 e. The lowest BCUT2D eigenvalue weighted by Gasteiger charge is -2.39.